The zero-order valence-electron chi connectivity index (χ0n) is 11.6. The molecule has 1 aliphatic carbocycles. The van der Waals surface area contributed by atoms with Crippen LogP contribution in [0, 0.1) is 5.92 Å². The van der Waals surface area contributed by atoms with Gasteiger partial charge in [-0.1, -0.05) is 18.7 Å². The van der Waals surface area contributed by atoms with Crippen LogP contribution in [0.4, 0.5) is 0 Å². The molecule has 0 aromatic carbocycles. The summed E-state index contributed by atoms with van der Waals surface area (Å²) < 4.78 is 3.02. The highest BCUT2D eigenvalue weighted by Crippen LogP contribution is 2.39. The van der Waals surface area contributed by atoms with Crippen LogP contribution >= 0.6 is 27.7 Å². The minimum atomic E-state index is -0.826. The van der Waals surface area contributed by atoms with Gasteiger partial charge in [-0.25, -0.2) is 9.97 Å². The topological polar surface area (TPSA) is 68.0 Å². The van der Waals surface area contributed by atoms with Gasteiger partial charge < -0.3 is 9.67 Å². The lowest BCUT2D eigenvalue weighted by Crippen LogP contribution is -2.09. The Labute approximate surface area is 135 Å². The number of thioether (sulfide) groups is 1. The van der Waals surface area contributed by atoms with Crippen LogP contribution in [-0.2, 0) is 4.79 Å². The number of carboxylic acids is 1. The molecule has 21 heavy (non-hydrogen) atoms. The summed E-state index contributed by atoms with van der Waals surface area (Å²) in [4.78, 5) is 19.9. The fraction of sp³-hybridized carbons (Fsp3) is 0.500. The van der Waals surface area contributed by atoms with Crippen molar-refractivity contribution < 1.29 is 9.90 Å². The van der Waals surface area contributed by atoms with Crippen molar-refractivity contribution in [3.8, 4) is 0 Å². The first-order chi connectivity index (χ1) is 10.0. The number of carbonyl (C=O) groups is 1. The molecule has 3 rings (SSSR count). The average molecular weight is 370 g/mol. The lowest BCUT2D eigenvalue weighted by Gasteiger charge is -2.15. The molecule has 0 aliphatic heterocycles. The van der Waals surface area contributed by atoms with Gasteiger partial charge in [0.05, 0.1) is 5.75 Å². The predicted octanol–water partition coefficient (Wildman–Crippen LogP) is 3.73. The van der Waals surface area contributed by atoms with Gasteiger partial charge in [0.1, 0.15) is 5.52 Å². The molecule has 5 nitrogen and oxygen atoms in total. The molecule has 2 unspecified atom stereocenters. The van der Waals surface area contributed by atoms with Crippen LogP contribution < -0.4 is 0 Å². The van der Waals surface area contributed by atoms with E-state index >= 15 is 0 Å². The molecule has 0 spiro atoms. The number of nitrogens with zero attached hydrogens (tertiary/aromatic N) is 3. The van der Waals surface area contributed by atoms with Crippen LogP contribution in [0.15, 0.2) is 21.9 Å². The van der Waals surface area contributed by atoms with Crippen molar-refractivity contribution in [3.63, 3.8) is 0 Å². The van der Waals surface area contributed by atoms with Crippen LogP contribution in [0.5, 0.6) is 0 Å². The number of pyridine rings is 1. The van der Waals surface area contributed by atoms with Crippen molar-refractivity contribution in [1.29, 1.82) is 0 Å². The summed E-state index contributed by atoms with van der Waals surface area (Å²) in [5.41, 5.74) is 1.67. The Balaban J connectivity index is 2.04. The number of rotatable bonds is 4. The maximum atomic E-state index is 10.8. The summed E-state index contributed by atoms with van der Waals surface area (Å²) in [6, 6.07) is 2.30. The highest BCUT2D eigenvalue weighted by Gasteiger charge is 2.27. The van der Waals surface area contributed by atoms with E-state index in [2.05, 4.69) is 37.4 Å². The molecule has 1 fully saturated rings. The first-order valence-electron chi connectivity index (χ1n) is 6.92. The van der Waals surface area contributed by atoms with Gasteiger partial charge in [0, 0.05) is 16.7 Å². The van der Waals surface area contributed by atoms with E-state index in [0.717, 1.165) is 33.6 Å². The van der Waals surface area contributed by atoms with Crippen molar-refractivity contribution in [1.82, 2.24) is 14.5 Å². The second kappa shape index (κ2) is 5.96. The first-order valence-corrected chi connectivity index (χ1v) is 8.70. The van der Waals surface area contributed by atoms with Crippen molar-refractivity contribution in [2.75, 3.05) is 5.75 Å². The number of imidazole rings is 1. The molecule has 1 saturated carbocycles. The molecule has 2 atom stereocenters. The number of halogens is 1. The second-order valence-corrected chi connectivity index (χ2v) is 7.37. The zero-order valence-corrected chi connectivity index (χ0v) is 14.0. The van der Waals surface area contributed by atoms with E-state index in [4.69, 9.17) is 5.11 Å². The van der Waals surface area contributed by atoms with E-state index in [-0.39, 0.29) is 5.75 Å². The second-order valence-electron chi connectivity index (χ2n) is 5.52. The number of hydrogen-bond acceptors (Lipinski definition) is 4. The van der Waals surface area contributed by atoms with E-state index in [1.54, 1.807) is 6.20 Å². The monoisotopic (exact) mass is 369 g/mol. The molecular weight excluding hydrogens is 354 g/mol. The highest BCUT2D eigenvalue weighted by molar-refractivity contribution is 9.10. The molecule has 2 heterocycles. The Morgan fingerprint density at radius 1 is 1.57 bits per heavy atom. The van der Waals surface area contributed by atoms with Gasteiger partial charge in [0.15, 0.2) is 10.8 Å². The number of aliphatic carboxylic acids is 1. The normalized spacial score (nSPS) is 22.0. The summed E-state index contributed by atoms with van der Waals surface area (Å²) in [7, 11) is 0. The van der Waals surface area contributed by atoms with E-state index in [9.17, 15) is 4.79 Å². The smallest absolute Gasteiger partial charge is 0.313 e. The highest BCUT2D eigenvalue weighted by atomic mass is 79.9. The van der Waals surface area contributed by atoms with Gasteiger partial charge in [0.2, 0.25) is 0 Å². The van der Waals surface area contributed by atoms with Gasteiger partial charge in [-0.15, -0.1) is 0 Å². The number of hydrogen-bond donors (Lipinski definition) is 1. The number of fused-ring (bicyclic) bond motifs is 1. The molecule has 1 aliphatic rings. The van der Waals surface area contributed by atoms with Crippen molar-refractivity contribution in [2.24, 2.45) is 5.92 Å². The maximum Gasteiger partial charge on any atom is 0.313 e. The third kappa shape index (κ3) is 3.08. The minimum absolute atomic E-state index is 0.0206. The molecular formula is C14H16BrN3O2S. The van der Waals surface area contributed by atoms with Crippen LogP contribution in [0.1, 0.15) is 32.2 Å². The van der Waals surface area contributed by atoms with Crippen molar-refractivity contribution >= 4 is 44.8 Å². The molecule has 0 bridgehead atoms. The molecule has 7 heteroatoms. The third-order valence-electron chi connectivity index (χ3n) is 3.82. The van der Waals surface area contributed by atoms with Crippen LogP contribution in [0.25, 0.3) is 11.2 Å². The number of aromatic nitrogens is 3. The van der Waals surface area contributed by atoms with Gasteiger partial charge in [0.25, 0.3) is 0 Å². The maximum absolute atomic E-state index is 10.8. The fourth-order valence-electron chi connectivity index (χ4n) is 2.91. The first kappa shape index (κ1) is 14.8. The summed E-state index contributed by atoms with van der Waals surface area (Å²) in [5, 5.41) is 9.67. The van der Waals surface area contributed by atoms with Gasteiger partial charge in [-0.2, -0.15) is 0 Å². The summed E-state index contributed by atoms with van der Waals surface area (Å²) in [6.07, 6.45) is 5.17. The molecule has 2 aromatic heterocycles. The van der Waals surface area contributed by atoms with Crippen LogP contribution in [-0.4, -0.2) is 31.4 Å². The van der Waals surface area contributed by atoms with Crippen LogP contribution in [0.3, 0.4) is 0 Å². The lowest BCUT2D eigenvalue weighted by molar-refractivity contribution is -0.133. The zero-order chi connectivity index (χ0) is 15.0. The van der Waals surface area contributed by atoms with E-state index in [0.29, 0.717) is 12.0 Å². The molecule has 0 radical (unpaired) electrons. The quantitative estimate of drug-likeness (QED) is 0.831. The molecule has 2 aromatic rings. The Bertz CT molecular complexity index is 688. The number of carboxylic acid groups (broad SMARTS) is 1. The summed E-state index contributed by atoms with van der Waals surface area (Å²) in [5.74, 6) is -0.111. The molecule has 1 N–H and O–H groups in total. The van der Waals surface area contributed by atoms with Gasteiger partial charge in [-0.05, 0) is 47.2 Å². The SMILES string of the molecule is CC1CCC(n2c(SCC(=O)O)nc3cc(Br)cnc32)C1. The third-order valence-corrected chi connectivity index (χ3v) is 5.19. The largest absolute Gasteiger partial charge is 0.481 e. The standard InChI is InChI=1S/C14H16BrN3O2S/c1-8-2-3-10(4-8)18-13-11(5-9(15)6-16-13)17-14(18)21-7-12(19)20/h5-6,8,10H,2-4,7H2,1H3,(H,19,20). The Morgan fingerprint density at radius 2 is 2.38 bits per heavy atom. The Morgan fingerprint density at radius 3 is 3.05 bits per heavy atom. The molecule has 0 amide bonds. The minimum Gasteiger partial charge on any atom is -0.481 e. The van der Waals surface area contributed by atoms with Crippen molar-refractivity contribution in [2.45, 2.75) is 37.4 Å². The average Bonchev–Trinajstić information content (AvgIpc) is 2.98. The van der Waals surface area contributed by atoms with Gasteiger partial charge >= 0.3 is 5.97 Å². The van der Waals surface area contributed by atoms with Crippen molar-refractivity contribution in [3.05, 3.63) is 16.7 Å². The van der Waals surface area contributed by atoms with Gasteiger partial charge in [-0.3, -0.25) is 4.79 Å². The predicted molar refractivity (Wildman–Crippen MR) is 85.6 cm³/mol. The molecule has 112 valence electrons. The van der Waals surface area contributed by atoms with E-state index < -0.39 is 5.97 Å². The summed E-state index contributed by atoms with van der Waals surface area (Å²) >= 11 is 4.68. The lowest BCUT2D eigenvalue weighted by atomic mass is 10.1. The van der Waals surface area contributed by atoms with E-state index in [1.165, 1.54) is 18.2 Å². The Kier molecular flexibility index (Phi) is 4.21. The summed E-state index contributed by atoms with van der Waals surface area (Å²) in [6.45, 7) is 2.26. The fourth-order valence-corrected chi connectivity index (χ4v) is 4.01. The van der Waals surface area contributed by atoms with E-state index in [1.807, 2.05) is 6.07 Å². The van der Waals surface area contributed by atoms with Crippen LogP contribution in [0.2, 0.25) is 0 Å². The Hall–Kier alpha value is -1.08. The molecule has 0 saturated heterocycles.